The molecule has 2 heterocycles. The van der Waals surface area contributed by atoms with E-state index in [0.717, 1.165) is 18.8 Å². The SMILES string of the molecule is Cn1nnnc1C[C@@H]1CNC[C@H]1O. The van der Waals surface area contributed by atoms with Gasteiger partial charge >= 0.3 is 0 Å². The van der Waals surface area contributed by atoms with Gasteiger partial charge < -0.3 is 10.4 Å². The lowest BCUT2D eigenvalue weighted by Gasteiger charge is -2.10. The first-order chi connectivity index (χ1) is 6.27. The first kappa shape index (κ1) is 8.58. The van der Waals surface area contributed by atoms with Crippen molar-refractivity contribution in [3.8, 4) is 0 Å². The Bertz CT molecular complexity index is 286. The molecule has 1 aromatic heterocycles. The van der Waals surface area contributed by atoms with Crippen LogP contribution in [0.1, 0.15) is 5.82 Å². The van der Waals surface area contributed by atoms with Gasteiger partial charge in [0.1, 0.15) is 0 Å². The number of nitrogens with zero attached hydrogens (tertiary/aromatic N) is 4. The Labute approximate surface area is 75.9 Å². The van der Waals surface area contributed by atoms with Crippen molar-refractivity contribution < 1.29 is 5.11 Å². The number of aliphatic hydroxyl groups excluding tert-OH is 1. The number of aromatic nitrogens is 4. The zero-order valence-electron chi connectivity index (χ0n) is 7.51. The molecule has 1 saturated heterocycles. The van der Waals surface area contributed by atoms with Crippen molar-refractivity contribution >= 4 is 0 Å². The molecule has 0 saturated carbocycles. The van der Waals surface area contributed by atoms with Crippen LogP contribution in [0.15, 0.2) is 0 Å². The van der Waals surface area contributed by atoms with E-state index in [9.17, 15) is 5.11 Å². The highest BCUT2D eigenvalue weighted by molar-refractivity contribution is 4.90. The molecule has 2 atom stereocenters. The minimum Gasteiger partial charge on any atom is -0.391 e. The van der Waals surface area contributed by atoms with Crippen LogP contribution in [0.3, 0.4) is 0 Å². The van der Waals surface area contributed by atoms with Gasteiger partial charge in [-0.25, -0.2) is 4.68 Å². The van der Waals surface area contributed by atoms with Crippen molar-refractivity contribution in [2.75, 3.05) is 13.1 Å². The summed E-state index contributed by atoms with van der Waals surface area (Å²) in [5.74, 6) is 1.07. The fourth-order valence-corrected chi connectivity index (χ4v) is 1.58. The molecule has 6 nitrogen and oxygen atoms in total. The molecule has 0 unspecified atom stereocenters. The molecule has 1 aliphatic rings. The van der Waals surface area contributed by atoms with Crippen LogP contribution in [0.5, 0.6) is 0 Å². The predicted octanol–water partition coefficient (Wildman–Crippen LogP) is -1.67. The maximum absolute atomic E-state index is 9.54. The number of hydrogen-bond acceptors (Lipinski definition) is 5. The van der Waals surface area contributed by atoms with E-state index in [1.54, 1.807) is 4.68 Å². The van der Waals surface area contributed by atoms with Crippen molar-refractivity contribution in [3.63, 3.8) is 0 Å². The Morgan fingerprint density at radius 1 is 1.62 bits per heavy atom. The summed E-state index contributed by atoms with van der Waals surface area (Å²) in [7, 11) is 1.81. The molecule has 6 heteroatoms. The average molecular weight is 183 g/mol. The lowest BCUT2D eigenvalue weighted by molar-refractivity contribution is 0.146. The van der Waals surface area contributed by atoms with E-state index < -0.39 is 0 Å². The fraction of sp³-hybridized carbons (Fsp3) is 0.857. The van der Waals surface area contributed by atoms with Gasteiger partial charge in [-0.1, -0.05) is 0 Å². The van der Waals surface area contributed by atoms with Gasteiger partial charge in [-0.05, 0) is 10.4 Å². The number of aryl methyl sites for hydroxylation is 1. The number of aliphatic hydroxyl groups is 1. The molecule has 1 fully saturated rings. The number of β-amino-alcohol motifs (C(OH)–C–C–N with tert-alkyl or cyclic N) is 1. The first-order valence-electron chi connectivity index (χ1n) is 4.37. The van der Waals surface area contributed by atoms with Crippen molar-refractivity contribution in [2.45, 2.75) is 12.5 Å². The van der Waals surface area contributed by atoms with Gasteiger partial charge in [-0.2, -0.15) is 0 Å². The number of rotatable bonds is 2. The summed E-state index contributed by atoms with van der Waals surface area (Å²) in [4.78, 5) is 0. The third-order valence-corrected chi connectivity index (χ3v) is 2.46. The topological polar surface area (TPSA) is 75.9 Å². The fourth-order valence-electron chi connectivity index (χ4n) is 1.58. The van der Waals surface area contributed by atoms with E-state index in [-0.39, 0.29) is 12.0 Å². The molecule has 0 radical (unpaired) electrons. The second-order valence-electron chi connectivity index (χ2n) is 3.41. The largest absolute Gasteiger partial charge is 0.391 e. The summed E-state index contributed by atoms with van der Waals surface area (Å²) in [6, 6.07) is 0. The number of nitrogens with one attached hydrogen (secondary N) is 1. The summed E-state index contributed by atoms with van der Waals surface area (Å²) in [6.45, 7) is 1.52. The van der Waals surface area contributed by atoms with E-state index in [4.69, 9.17) is 0 Å². The maximum atomic E-state index is 9.54. The van der Waals surface area contributed by atoms with Gasteiger partial charge in [0.05, 0.1) is 6.10 Å². The van der Waals surface area contributed by atoms with E-state index in [1.807, 2.05) is 7.05 Å². The highest BCUT2D eigenvalue weighted by Gasteiger charge is 2.26. The number of hydrogen-bond donors (Lipinski definition) is 2. The molecule has 0 aliphatic carbocycles. The van der Waals surface area contributed by atoms with E-state index in [2.05, 4.69) is 20.8 Å². The van der Waals surface area contributed by atoms with Gasteiger partial charge in [-0.3, -0.25) is 0 Å². The number of tetrazole rings is 1. The molecule has 72 valence electrons. The van der Waals surface area contributed by atoms with Gasteiger partial charge in [-0.15, -0.1) is 5.10 Å². The Morgan fingerprint density at radius 2 is 2.46 bits per heavy atom. The molecule has 0 amide bonds. The molecular weight excluding hydrogens is 170 g/mol. The Morgan fingerprint density at radius 3 is 3.00 bits per heavy atom. The zero-order valence-corrected chi connectivity index (χ0v) is 7.51. The van der Waals surface area contributed by atoms with Crippen LogP contribution in [0, 0.1) is 5.92 Å². The molecule has 1 aliphatic heterocycles. The smallest absolute Gasteiger partial charge is 0.151 e. The van der Waals surface area contributed by atoms with E-state index >= 15 is 0 Å². The van der Waals surface area contributed by atoms with Gasteiger partial charge in [0, 0.05) is 32.5 Å². The highest BCUT2D eigenvalue weighted by atomic mass is 16.3. The minimum absolute atomic E-state index is 0.240. The standard InChI is InChI=1S/C7H13N5O/c1-12-7(9-10-11-12)2-5-3-8-4-6(5)13/h5-6,8,13H,2-4H2,1H3/t5-,6-/m1/s1. The lowest BCUT2D eigenvalue weighted by Crippen LogP contribution is -2.21. The third-order valence-electron chi connectivity index (χ3n) is 2.46. The van der Waals surface area contributed by atoms with E-state index in [1.165, 1.54) is 0 Å². The van der Waals surface area contributed by atoms with Gasteiger partial charge in [0.15, 0.2) is 5.82 Å². The molecule has 2 N–H and O–H groups in total. The van der Waals surface area contributed by atoms with Crippen molar-refractivity contribution in [3.05, 3.63) is 5.82 Å². The summed E-state index contributed by atoms with van der Waals surface area (Å²) in [5, 5.41) is 23.8. The Kier molecular flexibility index (Phi) is 2.24. The lowest BCUT2D eigenvalue weighted by atomic mass is 10.0. The van der Waals surface area contributed by atoms with Crippen LogP contribution in [-0.4, -0.2) is 44.5 Å². The second-order valence-corrected chi connectivity index (χ2v) is 3.41. The summed E-state index contributed by atoms with van der Waals surface area (Å²) in [5.41, 5.74) is 0. The summed E-state index contributed by atoms with van der Waals surface area (Å²) in [6.07, 6.45) is 0.467. The minimum atomic E-state index is -0.267. The third kappa shape index (κ3) is 1.68. The van der Waals surface area contributed by atoms with Crippen LogP contribution >= 0.6 is 0 Å². The van der Waals surface area contributed by atoms with Gasteiger partial charge in [0.2, 0.25) is 0 Å². The quantitative estimate of drug-likeness (QED) is 0.573. The van der Waals surface area contributed by atoms with Crippen LogP contribution in [0.25, 0.3) is 0 Å². The van der Waals surface area contributed by atoms with Crippen molar-refractivity contribution in [1.29, 1.82) is 0 Å². The molecular formula is C7H13N5O. The Balaban J connectivity index is 2.01. The zero-order chi connectivity index (χ0) is 9.26. The first-order valence-corrected chi connectivity index (χ1v) is 4.37. The Hall–Kier alpha value is -1.01. The molecule has 0 bridgehead atoms. The molecule has 0 spiro atoms. The van der Waals surface area contributed by atoms with Crippen LogP contribution in [0.2, 0.25) is 0 Å². The van der Waals surface area contributed by atoms with Crippen molar-refractivity contribution in [1.82, 2.24) is 25.5 Å². The van der Waals surface area contributed by atoms with E-state index in [0.29, 0.717) is 6.54 Å². The maximum Gasteiger partial charge on any atom is 0.151 e. The summed E-state index contributed by atoms with van der Waals surface area (Å²) >= 11 is 0. The summed E-state index contributed by atoms with van der Waals surface area (Å²) < 4.78 is 1.64. The van der Waals surface area contributed by atoms with Crippen LogP contribution in [-0.2, 0) is 13.5 Å². The normalized spacial score (nSPS) is 28.2. The highest BCUT2D eigenvalue weighted by Crippen LogP contribution is 2.13. The second kappa shape index (κ2) is 3.39. The van der Waals surface area contributed by atoms with Crippen LogP contribution in [0.4, 0.5) is 0 Å². The van der Waals surface area contributed by atoms with Crippen molar-refractivity contribution in [2.24, 2.45) is 13.0 Å². The monoisotopic (exact) mass is 183 g/mol. The average Bonchev–Trinajstić information content (AvgIpc) is 2.65. The molecule has 0 aromatic carbocycles. The van der Waals surface area contributed by atoms with Crippen LogP contribution < -0.4 is 5.32 Å². The molecule has 1 aromatic rings. The molecule has 2 rings (SSSR count). The van der Waals surface area contributed by atoms with Gasteiger partial charge in [0.25, 0.3) is 0 Å². The predicted molar refractivity (Wildman–Crippen MR) is 44.9 cm³/mol. The molecule has 13 heavy (non-hydrogen) atoms.